The van der Waals surface area contributed by atoms with Gasteiger partial charge in [-0.05, 0) is 18.1 Å². The second-order valence-corrected chi connectivity index (χ2v) is 3.96. The van der Waals surface area contributed by atoms with Gasteiger partial charge in [-0.2, -0.15) is 4.98 Å². The van der Waals surface area contributed by atoms with Gasteiger partial charge in [0.25, 0.3) is 0 Å². The molecule has 0 aromatic carbocycles. The average Bonchev–Trinajstić information content (AvgIpc) is 2.46. The van der Waals surface area contributed by atoms with E-state index in [1.54, 1.807) is 13.2 Å². The number of aryl methyl sites for hydroxylation is 1. The molecule has 2 heterocycles. The Morgan fingerprint density at radius 2 is 2.16 bits per heavy atom. The highest BCUT2D eigenvalue weighted by Crippen LogP contribution is 2.14. The summed E-state index contributed by atoms with van der Waals surface area (Å²) in [6, 6.07) is 3.91. The van der Waals surface area contributed by atoms with Gasteiger partial charge in [0.1, 0.15) is 0 Å². The lowest BCUT2D eigenvalue weighted by Gasteiger charge is -2.10. The van der Waals surface area contributed by atoms with Gasteiger partial charge in [-0.15, -0.1) is 0 Å². The van der Waals surface area contributed by atoms with Crippen LogP contribution in [-0.4, -0.2) is 22.0 Å². The summed E-state index contributed by atoms with van der Waals surface area (Å²) >= 11 is 0. The Morgan fingerprint density at radius 3 is 2.89 bits per heavy atom. The van der Waals surface area contributed by atoms with E-state index in [9.17, 15) is 4.39 Å². The van der Waals surface area contributed by atoms with Gasteiger partial charge in [-0.3, -0.25) is 4.98 Å². The maximum Gasteiger partial charge on any atom is 0.224 e. The van der Waals surface area contributed by atoms with Gasteiger partial charge in [0.15, 0.2) is 11.6 Å². The third-order valence-electron chi connectivity index (χ3n) is 2.76. The van der Waals surface area contributed by atoms with Crippen molar-refractivity contribution in [3.05, 3.63) is 41.6 Å². The van der Waals surface area contributed by atoms with Crippen LogP contribution < -0.4 is 10.6 Å². The first-order chi connectivity index (χ1) is 9.24. The molecule has 0 aliphatic heterocycles. The fraction of sp³-hybridized carbons (Fsp3) is 0.308. The van der Waals surface area contributed by atoms with E-state index in [1.807, 2.05) is 12.1 Å². The number of rotatable bonds is 5. The molecule has 0 radical (unpaired) electrons. The van der Waals surface area contributed by atoms with E-state index >= 15 is 0 Å². The van der Waals surface area contributed by atoms with Crippen LogP contribution in [0, 0.1) is 5.82 Å². The van der Waals surface area contributed by atoms with Gasteiger partial charge in [0.05, 0.1) is 18.4 Å². The van der Waals surface area contributed by atoms with Gasteiger partial charge in [0.2, 0.25) is 5.95 Å². The first-order valence-electron chi connectivity index (χ1n) is 6.11. The van der Waals surface area contributed by atoms with Crippen LogP contribution in [0.5, 0.6) is 0 Å². The monoisotopic (exact) mass is 261 g/mol. The zero-order chi connectivity index (χ0) is 13.7. The van der Waals surface area contributed by atoms with E-state index in [0.29, 0.717) is 12.5 Å². The molecule has 0 saturated heterocycles. The van der Waals surface area contributed by atoms with E-state index in [4.69, 9.17) is 0 Å². The van der Waals surface area contributed by atoms with E-state index in [2.05, 4.69) is 32.5 Å². The maximum absolute atomic E-state index is 13.6. The first kappa shape index (κ1) is 13.2. The highest BCUT2D eigenvalue weighted by Gasteiger charge is 2.07. The molecule has 0 fully saturated rings. The first-order valence-corrected chi connectivity index (χ1v) is 6.11. The van der Waals surface area contributed by atoms with Gasteiger partial charge in [-0.25, -0.2) is 9.37 Å². The van der Waals surface area contributed by atoms with Crippen LogP contribution in [-0.2, 0) is 13.0 Å². The number of hydrogen-bond donors (Lipinski definition) is 2. The Hall–Kier alpha value is -2.24. The van der Waals surface area contributed by atoms with Crippen molar-refractivity contribution in [3.63, 3.8) is 0 Å². The molecule has 0 unspecified atom stereocenters. The summed E-state index contributed by atoms with van der Waals surface area (Å²) in [5.41, 5.74) is 2.03. The van der Waals surface area contributed by atoms with Crippen molar-refractivity contribution in [2.24, 2.45) is 0 Å². The molecule has 0 bridgehead atoms. The minimum atomic E-state index is -0.479. The predicted molar refractivity (Wildman–Crippen MR) is 72.5 cm³/mol. The molecular weight excluding hydrogens is 245 g/mol. The van der Waals surface area contributed by atoms with Crippen LogP contribution in [0.15, 0.2) is 24.5 Å². The van der Waals surface area contributed by atoms with Crippen LogP contribution in [0.4, 0.5) is 16.2 Å². The quantitative estimate of drug-likeness (QED) is 0.864. The van der Waals surface area contributed by atoms with Gasteiger partial charge in [0, 0.05) is 13.2 Å². The second-order valence-electron chi connectivity index (χ2n) is 3.96. The lowest BCUT2D eigenvalue weighted by molar-refractivity contribution is 0.617. The molecule has 100 valence electrons. The SMILES string of the molecule is CCc1cccnc1CNc1nc(NC)ncc1F. The van der Waals surface area contributed by atoms with E-state index < -0.39 is 5.82 Å². The van der Waals surface area contributed by atoms with Gasteiger partial charge >= 0.3 is 0 Å². The molecule has 5 nitrogen and oxygen atoms in total. The number of pyridine rings is 1. The van der Waals surface area contributed by atoms with Crippen molar-refractivity contribution < 1.29 is 4.39 Å². The summed E-state index contributed by atoms with van der Waals surface area (Å²) < 4.78 is 13.6. The zero-order valence-corrected chi connectivity index (χ0v) is 10.9. The molecule has 2 aromatic rings. The summed E-state index contributed by atoms with van der Waals surface area (Å²) in [4.78, 5) is 12.1. The van der Waals surface area contributed by atoms with Crippen LogP contribution in [0.2, 0.25) is 0 Å². The molecule has 2 aromatic heterocycles. The van der Waals surface area contributed by atoms with Crippen molar-refractivity contribution in [3.8, 4) is 0 Å². The topological polar surface area (TPSA) is 62.7 Å². The number of nitrogens with zero attached hydrogens (tertiary/aromatic N) is 3. The fourth-order valence-corrected chi connectivity index (χ4v) is 1.73. The molecule has 2 rings (SSSR count). The molecule has 19 heavy (non-hydrogen) atoms. The van der Waals surface area contributed by atoms with Gasteiger partial charge in [-0.1, -0.05) is 13.0 Å². The summed E-state index contributed by atoms with van der Waals surface area (Å²) in [6.45, 7) is 2.49. The number of halogens is 1. The minimum Gasteiger partial charge on any atom is -0.362 e. The smallest absolute Gasteiger partial charge is 0.224 e. The van der Waals surface area contributed by atoms with E-state index in [0.717, 1.165) is 23.9 Å². The van der Waals surface area contributed by atoms with Crippen LogP contribution in [0.1, 0.15) is 18.2 Å². The number of aromatic nitrogens is 3. The molecule has 0 amide bonds. The summed E-state index contributed by atoms with van der Waals surface area (Å²) in [6.07, 6.45) is 3.75. The Labute approximate surface area is 111 Å². The fourth-order valence-electron chi connectivity index (χ4n) is 1.73. The predicted octanol–water partition coefficient (Wildman–Crippen LogP) is 2.23. The van der Waals surface area contributed by atoms with E-state index in [-0.39, 0.29) is 5.82 Å². The average molecular weight is 261 g/mol. The van der Waals surface area contributed by atoms with Crippen LogP contribution in [0.25, 0.3) is 0 Å². The Balaban J connectivity index is 2.14. The second kappa shape index (κ2) is 6.08. The molecule has 0 spiro atoms. The molecule has 2 N–H and O–H groups in total. The van der Waals surface area contributed by atoms with Gasteiger partial charge < -0.3 is 10.6 Å². The highest BCUT2D eigenvalue weighted by atomic mass is 19.1. The minimum absolute atomic E-state index is 0.173. The molecular formula is C13H16FN5. The van der Waals surface area contributed by atoms with Crippen molar-refractivity contribution in [2.75, 3.05) is 17.7 Å². The Morgan fingerprint density at radius 1 is 1.32 bits per heavy atom. The summed E-state index contributed by atoms with van der Waals surface area (Å²) in [5.74, 6) is 0.0701. The summed E-state index contributed by atoms with van der Waals surface area (Å²) in [5, 5.41) is 5.72. The lowest BCUT2D eigenvalue weighted by atomic mass is 10.1. The standard InChI is InChI=1S/C13H16FN5/c1-3-9-5-4-6-16-11(9)8-17-12-10(14)7-18-13(15-2)19-12/h4-7H,3,8H2,1-2H3,(H2,15,17,18,19). The normalized spacial score (nSPS) is 10.3. The largest absolute Gasteiger partial charge is 0.362 e. The third-order valence-corrected chi connectivity index (χ3v) is 2.76. The molecule has 0 aliphatic rings. The Bertz CT molecular complexity index is 558. The molecule has 0 aliphatic carbocycles. The van der Waals surface area contributed by atoms with Crippen molar-refractivity contribution in [2.45, 2.75) is 19.9 Å². The van der Waals surface area contributed by atoms with Crippen LogP contribution in [0.3, 0.4) is 0 Å². The lowest BCUT2D eigenvalue weighted by Crippen LogP contribution is -2.09. The third kappa shape index (κ3) is 3.15. The maximum atomic E-state index is 13.6. The zero-order valence-electron chi connectivity index (χ0n) is 10.9. The number of hydrogen-bond acceptors (Lipinski definition) is 5. The summed E-state index contributed by atoms with van der Waals surface area (Å²) in [7, 11) is 1.69. The van der Waals surface area contributed by atoms with Crippen LogP contribution >= 0.6 is 0 Å². The Kier molecular flexibility index (Phi) is 4.22. The highest BCUT2D eigenvalue weighted by molar-refractivity contribution is 5.41. The van der Waals surface area contributed by atoms with Crippen molar-refractivity contribution >= 4 is 11.8 Å². The van der Waals surface area contributed by atoms with Crippen molar-refractivity contribution in [1.29, 1.82) is 0 Å². The molecule has 0 saturated carbocycles. The molecule has 0 atom stereocenters. The number of anilines is 2. The number of nitrogens with one attached hydrogen (secondary N) is 2. The van der Waals surface area contributed by atoms with E-state index in [1.165, 1.54) is 0 Å². The van der Waals surface area contributed by atoms with Crippen molar-refractivity contribution in [1.82, 2.24) is 15.0 Å². The molecule has 6 heteroatoms.